The molecular weight excluding hydrogens is 286 g/mol. The normalized spacial score (nSPS) is 14.7. The molecule has 0 aliphatic rings. The number of hydrogen-bond acceptors (Lipinski definition) is 4. The Morgan fingerprint density at radius 3 is 2.59 bits per heavy atom. The van der Waals surface area contributed by atoms with Gasteiger partial charge in [-0.2, -0.15) is 0 Å². The summed E-state index contributed by atoms with van der Waals surface area (Å²) in [5, 5.41) is 25.5. The Kier molecular flexibility index (Phi) is 6.78. The van der Waals surface area contributed by atoms with Gasteiger partial charge in [0.15, 0.2) is 0 Å². The maximum Gasteiger partial charge on any atom is 0.315 e. The van der Waals surface area contributed by atoms with E-state index < -0.39 is 4.92 Å². The first-order chi connectivity index (χ1) is 10.4. The van der Waals surface area contributed by atoms with Crippen LogP contribution in [0.2, 0.25) is 0 Å². The van der Waals surface area contributed by atoms with Gasteiger partial charge in [0.05, 0.1) is 11.0 Å². The number of nitro groups is 1. The fourth-order valence-electron chi connectivity index (χ4n) is 1.98. The third kappa shape index (κ3) is 5.00. The lowest BCUT2D eigenvalue weighted by Gasteiger charge is -2.22. The summed E-state index contributed by atoms with van der Waals surface area (Å²) in [4.78, 5) is 22.4. The molecule has 3 atom stereocenters. The number of carbonyl (C=O) groups excluding carboxylic acids is 1. The largest absolute Gasteiger partial charge is 0.396 e. The zero-order chi connectivity index (χ0) is 16.7. The first kappa shape index (κ1) is 17.9. The molecule has 0 radical (unpaired) electrons. The van der Waals surface area contributed by atoms with Gasteiger partial charge in [0.2, 0.25) is 0 Å². The summed E-state index contributed by atoms with van der Waals surface area (Å²) in [5.41, 5.74) is 0.690. The van der Waals surface area contributed by atoms with Gasteiger partial charge in [-0.25, -0.2) is 4.79 Å². The summed E-state index contributed by atoms with van der Waals surface area (Å²) in [6, 6.07) is 5.40. The maximum atomic E-state index is 12.0. The molecule has 1 aromatic rings. The molecule has 0 bridgehead atoms. The summed E-state index contributed by atoms with van der Waals surface area (Å²) < 4.78 is 0. The van der Waals surface area contributed by atoms with Crippen LogP contribution in [0.1, 0.15) is 38.8 Å². The van der Waals surface area contributed by atoms with Crippen LogP contribution in [-0.2, 0) is 0 Å². The van der Waals surface area contributed by atoms with E-state index in [-0.39, 0.29) is 36.3 Å². The van der Waals surface area contributed by atoms with E-state index in [1.807, 2.05) is 20.8 Å². The van der Waals surface area contributed by atoms with Crippen molar-refractivity contribution in [2.75, 3.05) is 6.61 Å². The van der Waals surface area contributed by atoms with Crippen LogP contribution in [0.15, 0.2) is 24.3 Å². The first-order valence-corrected chi connectivity index (χ1v) is 7.31. The Morgan fingerprint density at radius 1 is 1.36 bits per heavy atom. The Hall–Kier alpha value is -2.15. The summed E-state index contributed by atoms with van der Waals surface area (Å²) in [5.74, 6) is -0.0522. The van der Waals surface area contributed by atoms with Gasteiger partial charge < -0.3 is 15.7 Å². The van der Waals surface area contributed by atoms with Gasteiger partial charge in [-0.1, -0.05) is 26.0 Å². The molecule has 0 fully saturated rings. The van der Waals surface area contributed by atoms with Crippen molar-refractivity contribution in [1.82, 2.24) is 10.6 Å². The van der Waals surface area contributed by atoms with E-state index in [9.17, 15) is 14.9 Å². The van der Waals surface area contributed by atoms with Crippen molar-refractivity contribution in [3.05, 3.63) is 39.9 Å². The van der Waals surface area contributed by atoms with Crippen molar-refractivity contribution >= 4 is 11.7 Å². The highest BCUT2D eigenvalue weighted by Gasteiger charge is 2.18. The number of urea groups is 1. The second-order valence-electron chi connectivity index (χ2n) is 5.38. The number of aliphatic hydroxyl groups is 1. The second kappa shape index (κ2) is 8.33. The standard InChI is InChI=1S/C15H23N3O4/c1-4-14(12-6-5-7-13(8-12)18(21)22)17-15(20)16-11(3)10(2)9-19/h5-8,10-11,14,19H,4,9H2,1-3H3,(H2,16,17,20). The number of nitrogens with zero attached hydrogens (tertiary/aromatic N) is 1. The predicted molar refractivity (Wildman–Crippen MR) is 83.5 cm³/mol. The van der Waals surface area contributed by atoms with Crippen LogP contribution in [-0.4, -0.2) is 28.7 Å². The average molecular weight is 309 g/mol. The van der Waals surface area contributed by atoms with Crippen molar-refractivity contribution < 1.29 is 14.8 Å². The van der Waals surface area contributed by atoms with Crippen LogP contribution in [0.3, 0.4) is 0 Å². The molecular formula is C15H23N3O4. The average Bonchev–Trinajstić information content (AvgIpc) is 2.51. The number of aliphatic hydroxyl groups excluding tert-OH is 1. The molecule has 3 unspecified atom stereocenters. The SMILES string of the molecule is CCC(NC(=O)NC(C)C(C)CO)c1cccc([N+](=O)[O-])c1. The van der Waals surface area contributed by atoms with Crippen molar-refractivity contribution in [2.45, 2.75) is 39.3 Å². The number of hydrogen-bond donors (Lipinski definition) is 3. The van der Waals surface area contributed by atoms with Crippen molar-refractivity contribution in [3.8, 4) is 0 Å². The lowest BCUT2D eigenvalue weighted by Crippen LogP contribution is -2.45. The van der Waals surface area contributed by atoms with E-state index in [4.69, 9.17) is 5.11 Å². The van der Waals surface area contributed by atoms with Gasteiger partial charge in [0, 0.05) is 24.8 Å². The summed E-state index contributed by atoms with van der Waals surface area (Å²) >= 11 is 0. The highest BCUT2D eigenvalue weighted by molar-refractivity contribution is 5.74. The number of nitrogens with one attached hydrogen (secondary N) is 2. The van der Waals surface area contributed by atoms with Gasteiger partial charge in [-0.3, -0.25) is 10.1 Å². The zero-order valence-corrected chi connectivity index (χ0v) is 13.1. The third-order valence-corrected chi connectivity index (χ3v) is 3.70. The Bertz CT molecular complexity index is 521. The molecule has 0 aliphatic heterocycles. The van der Waals surface area contributed by atoms with Crippen LogP contribution in [0.4, 0.5) is 10.5 Å². The van der Waals surface area contributed by atoms with Crippen LogP contribution in [0, 0.1) is 16.0 Å². The molecule has 0 heterocycles. The summed E-state index contributed by atoms with van der Waals surface area (Å²) in [7, 11) is 0. The maximum absolute atomic E-state index is 12.0. The summed E-state index contributed by atoms with van der Waals surface area (Å²) in [6.45, 7) is 5.53. The van der Waals surface area contributed by atoms with Gasteiger partial charge in [-0.05, 0) is 24.8 Å². The molecule has 0 aliphatic carbocycles. The third-order valence-electron chi connectivity index (χ3n) is 3.70. The second-order valence-corrected chi connectivity index (χ2v) is 5.38. The number of carbonyl (C=O) groups is 1. The van der Waals surface area contributed by atoms with E-state index in [2.05, 4.69) is 10.6 Å². The van der Waals surface area contributed by atoms with Gasteiger partial charge >= 0.3 is 6.03 Å². The molecule has 22 heavy (non-hydrogen) atoms. The van der Waals surface area contributed by atoms with Crippen LogP contribution in [0.5, 0.6) is 0 Å². The lowest BCUT2D eigenvalue weighted by atomic mass is 10.0. The lowest BCUT2D eigenvalue weighted by molar-refractivity contribution is -0.384. The Morgan fingerprint density at radius 2 is 2.05 bits per heavy atom. The zero-order valence-electron chi connectivity index (χ0n) is 13.1. The van der Waals surface area contributed by atoms with Gasteiger partial charge in [-0.15, -0.1) is 0 Å². The minimum atomic E-state index is -0.457. The monoisotopic (exact) mass is 309 g/mol. The fraction of sp³-hybridized carbons (Fsp3) is 0.533. The molecule has 1 rings (SSSR count). The van der Waals surface area contributed by atoms with Crippen LogP contribution in [0.25, 0.3) is 0 Å². The first-order valence-electron chi connectivity index (χ1n) is 7.31. The van der Waals surface area contributed by atoms with Crippen LogP contribution >= 0.6 is 0 Å². The van der Waals surface area contributed by atoms with Crippen molar-refractivity contribution in [3.63, 3.8) is 0 Å². The smallest absolute Gasteiger partial charge is 0.315 e. The van der Waals surface area contributed by atoms with Crippen LogP contribution < -0.4 is 10.6 Å². The molecule has 0 aromatic heterocycles. The number of non-ortho nitro benzene ring substituents is 1. The number of amides is 2. The molecule has 7 nitrogen and oxygen atoms in total. The van der Waals surface area contributed by atoms with E-state index in [1.54, 1.807) is 12.1 Å². The summed E-state index contributed by atoms with van der Waals surface area (Å²) in [6.07, 6.45) is 0.610. The quantitative estimate of drug-likeness (QED) is 0.531. The Labute approximate surface area is 129 Å². The molecule has 7 heteroatoms. The highest BCUT2D eigenvalue weighted by atomic mass is 16.6. The molecule has 122 valence electrons. The Balaban J connectivity index is 2.74. The molecule has 0 saturated carbocycles. The molecule has 1 aromatic carbocycles. The molecule has 3 N–H and O–H groups in total. The van der Waals surface area contributed by atoms with E-state index >= 15 is 0 Å². The van der Waals surface area contributed by atoms with Gasteiger partial charge in [0.25, 0.3) is 5.69 Å². The highest BCUT2D eigenvalue weighted by Crippen LogP contribution is 2.21. The van der Waals surface area contributed by atoms with E-state index in [1.165, 1.54) is 12.1 Å². The topological polar surface area (TPSA) is 104 Å². The molecule has 0 spiro atoms. The van der Waals surface area contributed by atoms with Gasteiger partial charge in [0.1, 0.15) is 0 Å². The minimum absolute atomic E-state index is 0.000397. The molecule has 2 amide bonds. The van der Waals surface area contributed by atoms with E-state index in [0.717, 1.165) is 0 Å². The number of rotatable bonds is 7. The minimum Gasteiger partial charge on any atom is -0.396 e. The number of benzene rings is 1. The van der Waals surface area contributed by atoms with Crippen molar-refractivity contribution in [1.29, 1.82) is 0 Å². The fourth-order valence-corrected chi connectivity index (χ4v) is 1.98. The predicted octanol–water partition coefficient (Wildman–Crippen LogP) is 2.36. The van der Waals surface area contributed by atoms with Crippen molar-refractivity contribution in [2.24, 2.45) is 5.92 Å². The van der Waals surface area contributed by atoms with E-state index in [0.29, 0.717) is 12.0 Å². The number of nitro benzene ring substituents is 1. The molecule has 0 saturated heterocycles.